The molecule has 0 aliphatic heterocycles. The molecular weight excluding hydrogens is 929 g/mol. The van der Waals surface area contributed by atoms with Crippen LogP contribution in [-0.2, 0) is 20.6 Å². The molecule has 0 heterocycles. The molecule has 0 aliphatic carbocycles. The summed E-state index contributed by atoms with van der Waals surface area (Å²) >= 11 is 0. The fourth-order valence-corrected chi connectivity index (χ4v) is 37.1. The zero-order valence-electron chi connectivity index (χ0n) is 42.3. The highest BCUT2D eigenvalue weighted by Crippen LogP contribution is 2.51. The van der Waals surface area contributed by atoms with Crippen LogP contribution in [0.5, 0.6) is 23.0 Å². The predicted octanol–water partition coefficient (Wildman–Crippen LogP) is 9.10. The summed E-state index contributed by atoms with van der Waals surface area (Å²) < 4.78 is 67.0. The summed E-state index contributed by atoms with van der Waals surface area (Å²) in [4.78, 5) is 1.06. The van der Waals surface area contributed by atoms with Gasteiger partial charge in [0.05, 0.1) is 0 Å². The van der Waals surface area contributed by atoms with Gasteiger partial charge in [-0.05, 0) is 182 Å². The summed E-state index contributed by atoms with van der Waals surface area (Å²) in [6.07, 6.45) is 0. The van der Waals surface area contributed by atoms with E-state index in [0.717, 1.165) is 32.3 Å². The van der Waals surface area contributed by atoms with E-state index in [2.05, 4.69) is 177 Å². The standard InChI is InChI=1S/C35H88O9Si13/c1-48(2,3)36-29-28(33(45)32(39-51(10,11)12)31(38-50(7,8)9)30(29)37-49(4,5)6)34(46)35(47(40-52(13,14)15)41-53(16,17)18)57(42-54(19,20)21,43-55(22,23)24)44-56(25,26)27/h47H,1-27,45-46H3. The molecule has 1 rings (SSSR count). The fourth-order valence-electron chi connectivity index (χ4n) is 5.76. The Hall–Kier alpha value is 0.779. The minimum atomic E-state index is -3.79. The number of rotatable bonds is 21. The molecule has 0 saturated carbocycles. The second kappa shape index (κ2) is 18.9. The van der Waals surface area contributed by atoms with Crippen molar-refractivity contribution in [3.63, 3.8) is 0 Å². The van der Waals surface area contributed by atoms with Gasteiger partial charge in [0, 0.05) is 30.9 Å². The van der Waals surface area contributed by atoms with Crippen molar-refractivity contribution in [2.45, 2.75) is 177 Å². The van der Waals surface area contributed by atoms with Crippen molar-refractivity contribution in [3.05, 3.63) is 10.4 Å². The quantitative estimate of drug-likeness (QED) is 0.112. The lowest BCUT2D eigenvalue weighted by molar-refractivity contribution is 0.266. The van der Waals surface area contributed by atoms with Crippen LogP contribution >= 0.6 is 0 Å². The fraction of sp³-hybridized carbons (Fsp3) is 0.771. The number of hydrogen-bond donors (Lipinski definition) is 0. The van der Waals surface area contributed by atoms with Crippen molar-refractivity contribution in [1.29, 1.82) is 0 Å². The van der Waals surface area contributed by atoms with Crippen LogP contribution in [0.1, 0.15) is 5.56 Å². The Morgan fingerprint density at radius 1 is 0.368 bits per heavy atom. The van der Waals surface area contributed by atoms with Crippen LogP contribution in [0.4, 0.5) is 0 Å². The van der Waals surface area contributed by atoms with E-state index in [0.29, 0.717) is 32.0 Å². The van der Waals surface area contributed by atoms with E-state index in [1.807, 2.05) is 0 Å². The minimum Gasteiger partial charge on any atom is -0.542 e. The summed E-state index contributed by atoms with van der Waals surface area (Å²) in [7, 11) is -25.7. The van der Waals surface area contributed by atoms with Gasteiger partial charge >= 0.3 is 18.1 Å². The lowest BCUT2D eigenvalue weighted by Crippen LogP contribution is -2.66. The van der Waals surface area contributed by atoms with Crippen LogP contribution in [0.25, 0.3) is 5.20 Å². The molecule has 0 spiro atoms. The molecular formula is C35H88O9Si13. The van der Waals surface area contributed by atoms with Gasteiger partial charge in [0.2, 0.25) is 33.3 Å². The third-order valence-corrected chi connectivity index (χ3v) is 34.8. The van der Waals surface area contributed by atoms with Crippen molar-refractivity contribution in [3.8, 4) is 23.0 Å². The van der Waals surface area contributed by atoms with Crippen molar-refractivity contribution < 1.29 is 38.3 Å². The van der Waals surface area contributed by atoms with E-state index in [1.54, 1.807) is 0 Å². The maximum atomic E-state index is 7.67. The van der Waals surface area contributed by atoms with E-state index in [1.165, 1.54) is 0 Å². The summed E-state index contributed by atoms with van der Waals surface area (Å²) in [6.45, 7) is 60.8. The number of benzene rings is 1. The van der Waals surface area contributed by atoms with Crippen LogP contribution in [0.15, 0.2) is 4.82 Å². The highest BCUT2D eigenvalue weighted by molar-refractivity contribution is 7.03. The molecule has 0 aliphatic rings. The molecule has 0 radical (unpaired) electrons. The molecule has 1 aromatic rings. The summed E-state index contributed by atoms with van der Waals surface area (Å²) in [5.74, 6) is 2.97. The molecule has 9 nitrogen and oxygen atoms in total. The number of hydrogen-bond acceptors (Lipinski definition) is 9. The topological polar surface area (TPSA) is 83.1 Å². The van der Waals surface area contributed by atoms with E-state index in [-0.39, 0.29) is 0 Å². The van der Waals surface area contributed by atoms with Crippen LogP contribution in [-0.4, -0.2) is 113 Å². The highest BCUT2D eigenvalue weighted by atomic mass is 28.5. The van der Waals surface area contributed by atoms with Gasteiger partial charge in [0.15, 0.2) is 58.8 Å². The molecule has 0 aromatic heterocycles. The van der Waals surface area contributed by atoms with Crippen LogP contribution < -0.4 is 22.9 Å². The monoisotopic (exact) mass is 1020 g/mol. The first kappa shape index (κ1) is 55.8. The largest absolute Gasteiger partial charge is 0.542 e. The average Bonchev–Trinajstić information content (AvgIpc) is 2.80. The zero-order chi connectivity index (χ0) is 45.6. The Balaban J connectivity index is 5.37. The van der Waals surface area contributed by atoms with Crippen molar-refractivity contribution >= 4 is 124 Å². The highest BCUT2D eigenvalue weighted by Gasteiger charge is 2.59. The maximum Gasteiger partial charge on any atom is 0.501 e. The van der Waals surface area contributed by atoms with Crippen molar-refractivity contribution in [2.75, 3.05) is 0 Å². The van der Waals surface area contributed by atoms with Gasteiger partial charge in [-0.15, -0.1) is 0 Å². The lowest BCUT2D eigenvalue weighted by Gasteiger charge is -2.47. The second-order valence-corrected chi connectivity index (χ2v) is 72.8. The molecule has 0 saturated heterocycles. The van der Waals surface area contributed by atoms with E-state index >= 15 is 0 Å². The van der Waals surface area contributed by atoms with Gasteiger partial charge in [-0.1, -0.05) is 5.20 Å². The minimum absolute atomic E-state index is 0.617. The molecule has 57 heavy (non-hydrogen) atoms. The van der Waals surface area contributed by atoms with Gasteiger partial charge < -0.3 is 38.3 Å². The molecule has 0 bridgehead atoms. The first-order chi connectivity index (χ1) is 24.6. The first-order valence-corrected chi connectivity index (χ1v) is 56.7. The Kier molecular flexibility index (Phi) is 18.5. The van der Waals surface area contributed by atoms with Gasteiger partial charge in [0.25, 0.3) is 0 Å². The summed E-state index contributed by atoms with van der Waals surface area (Å²) in [5, 5.41) is 2.26. The van der Waals surface area contributed by atoms with Crippen LogP contribution in [0.2, 0.25) is 177 Å². The van der Waals surface area contributed by atoms with Gasteiger partial charge in [0.1, 0.15) is 5.75 Å². The van der Waals surface area contributed by atoms with Gasteiger partial charge in [-0.25, -0.2) is 0 Å². The van der Waals surface area contributed by atoms with Gasteiger partial charge in [-0.2, -0.15) is 0 Å². The van der Waals surface area contributed by atoms with Crippen LogP contribution in [0.3, 0.4) is 0 Å². The van der Waals surface area contributed by atoms with E-state index < -0.39 is 92.9 Å². The lowest BCUT2D eigenvalue weighted by atomic mass is 10.1. The molecule has 0 fully saturated rings. The third-order valence-electron chi connectivity index (χ3n) is 6.78. The molecule has 0 unspecified atom stereocenters. The Morgan fingerprint density at radius 3 is 0.895 bits per heavy atom. The molecule has 334 valence electrons. The van der Waals surface area contributed by atoms with E-state index in [4.69, 9.17) is 38.3 Å². The average molecular weight is 1020 g/mol. The SMILES string of the molecule is C[Si](C)(C)Oc1c([SiH3])c(C([SiH3])=C([SiH](O[Si](C)(C)C)O[Si](C)(C)C)[Si](O[Si](C)(C)C)(O[Si](C)(C)C)O[Si](C)(C)C)c(O[Si](C)(C)C)c(O[Si](C)(C)C)c1O[Si](C)(C)C. The van der Waals surface area contributed by atoms with E-state index in [9.17, 15) is 0 Å². The third kappa shape index (κ3) is 20.7. The summed E-state index contributed by atoms with van der Waals surface area (Å²) in [5.41, 5.74) is 1.04. The molecule has 0 atom stereocenters. The summed E-state index contributed by atoms with van der Waals surface area (Å²) in [6, 6.07) is 0. The zero-order valence-corrected chi connectivity index (χ0v) is 57.4. The molecule has 22 heteroatoms. The normalized spacial score (nSPS) is 15.3. The Morgan fingerprint density at radius 2 is 0.632 bits per heavy atom. The van der Waals surface area contributed by atoms with Crippen LogP contribution in [0, 0.1) is 0 Å². The maximum absolute atomic E-state index is 7.67. The Labute approximate surface area is 369 Å². The van der Waals surface area contributed by atoms with Gasteiger partial charge in [-0.3, -0.25) is 0 Å². The van der Waals surface area contributed by atoms with Crippen molar-refractivity contribution in [2.24, 2.45) is 0 Å². The molecule has 1 aromatic carbocycles. The smallest absolute Gasteiger partial charge is 0.501 e. The molecule has 0 N–H and O–H groups in total. The predicted molar refractivity (Wildman–Crippen MR) is 284 cm³/mol. The Bertz CT molecular complexity index is 1500. The molecule has 0 amide bonds. The van der Waals surface area contributed by atoms with Crippen molar-refractivity contribution in [1.82, 2.24) is 0 Å². The first-order valence-electron chi connectivity index (χ1n) is 20.8. The second-order valence-electron chi connectivity index (χ2n) is 24.2.